The van der Waals surface area contributed by atoms with Crippen molar-refractivity contribution in [3.63, 3.8) is 0 Å². The van der Waals surface area contributed by atoms with Gasteiger partial charge in [-0.3, -0.25) is 0 Å². The summed E-state index contributed by atoms with van der Waals surface area (Å²) in [4.78, 5) is 0.532. The first kappa shape index (κ1) is 36.9. The smallest absolute Gasteiger partial charge is 0.206 e. The lowest BCUT2D eigenvalue weighted by molar-refractivity contribution is 0.0119. The third-order valence-corrected chi connectivity index (χ3v) is 11.7. The van der Waals surface area contributed by atoms with Crippen LogP contribution in [0.2, 0.25) is 0 Å². The summed E-state index contributed by atoms with van der Waals surface area (Å²) in [5.41, 5.74) is 3.08. The second kappa shape index (κ2) is 15.3. The zero-order valence-corrected chi connectivity index (χ0v) is 30.3. The average Bonchev–Trinajstić information content (AvgIpc) is 3.06. The van der Waals surface area contributed by atoms with E-state index in [4.69, 9.17) is 9.47 Å². The van der Waals surface area contributed by atoms with Gasteiger partial charge in [-0.1, -0.05) is 91.5 Å². The molecule has 0 saturated carbocycles. The van der Waals surface area contributed by atoms with Crippen molar-refractivity contribution in [2.24, 2.45) is 0 Å². The Labute approximate surface area is 279 Å². The molecule has 5 heteroatoms. The largest absolute Gasteiger partial charge is 0.493 e. The van der Waals surface area contributed by atoms with Gasteiger partial charge in [0.15, 0.2) is 0 Å². The van der Waals surface area contributed by atoms with Gasteiger partial charge in [0, 0.05) is 5.41 Å². The summed E-state index contributed by atoms with van der Waals surface area (Å²) in [6.07, 6.45) is 10.9. The van der Waals surface area contributed by atoms with Crippen LogP contribution in [0.1, 0.15) is 106 Å². The molecule has 0 unspecified atom stereocenters. The Morgan fingerprint density at radius 2 is 1.15 bits per heavy atom. The summed E-state index contributed by atoms with van der Waals surface area (Å²) in [5, 5.41) is 0. The van der Waals surface area contributed by atoms with Gasteiger partial charge in [0.05, 0.1) is 15.6 Å². The average molecular weight is 643 g/mol. The van der Waals surface area contributed by atoms with E-state index < -0.39 is 9.84 Å². The molecule has 248 valence electrons. The van der Waals surface area contributed by atoms with E-state index in [0.29, 0.717) is 16.4 Å². The molecule has 0 heterocycles. The van der Waals surface area contributed by atoms with Crippen LogP contribution in [0.4, 0.5) is 0 Å². The molecule has 0 aliphatic rings. The van der Waals surface area contributed by atoms with Gasteiger partial charge in [0.25, 0.3) is 0 Å². The molecule has 0 amide bonds. The first-order chi connectivity index (χ1) is 21.7. The number of allylic oxidation sites excluding steroid dienone is 5. The maximum atomic E-state index is 13.3. The summed E-state index contributed by atoms with van der Waals surface area (Å²) >= 11 is 0. The van der Waals surface area contributed by atoms with Crippen molar-refractivity contribution in [1.29, 1.82) is 0 Å². The Morgan fingerprint density at radius 1 is 0.696 bits per heavy atom. The van der Waals surface area contributed by atoms with Crippen molar-refractivity contribution < 1.29 is 17.9 Å². The third kappa shape index (κ3) is 8.61. The Morgan fingerprint density at radius 3 is 1.61 bits per heavy atom. The highest BCUT2D eigenvalue weighted by atomic mass is 32.2. The molecule has 0 aliphatic heterocycles. The molecule has 4 nitrogen and oxygen atoms in total. The molecule has 0 aliphatic carbocycles. The number of hydrogen-bond acceptors (Lipinski definition) is 4. The van der Waals surface area contributed by atoms with E-state index in [1.54, 1.807) is 36.4 Å². The molecule has 0 saturated heterocycles. The van der Waals surface area contributed by atoms with Crippen LogP contribution in [-0.4, -0.2) is 14.0 Å². The van der Waals surface area contributed by atoms with E-state index in [2.05, 4.69) is 86.3 Å². The minimum absolute atomic E-state index is 0.0393. The molecule has 0 bridgehead atoms. The minimum Gasteiger partial charge on any atom is -0.493 e. The lowest BCUT2D eigenvalue weighted by Gasteiger charge is -2.29. The van der Waals surface area contributed by atoms with Crippen molar-refractivity contribution in [1.82, 2.24) is 0 Å². The molecular formula is C41H54O4S. The normalized spacial score (nSPS) is 13.4. The first-order valence-corrected chi connectivity index (χ1v) is 18.1. The second-order valence-corrected chi connectivity index (χ2v) is 15.1. The van der Waals surface area contributed by atoms with Crippen molar-refractivity contribution in [2.45, 2.75) is 121 Å². The fourth-order valence-electron chi connectivity index (χ4n) is 5.53. The standard InChI is InChI=1S/C41H54O4S/c1-11-32(18-16-17-31(6)45-41(10,14-4)15-5)39(7,8)33-19-23-35(24-20-33)44-36-25-29-38(30-26-36)46(42,43)37-27-21-34(22-28-37)40(9,12-2)13-3/h11,17-30H,1,12-16H2,2-10H3/b31-17+,32-18?. The Bertz CT molecular complexity index is 1600. The first-order valence-electron chi connectivity index (χ1n) is 16.6. The number of ether oxygens (including phenoxy) is 2. The van der Waals surface area contributed by atoms with Crippen LogP contribution >= 0.6 is 0 Å². The molecular weight excluding hydrogens is 589 g/mol. The highest BCUT2D eigenvalue weighted by Crippen LogP contribution is 2.35. The Balaban J connectivity index is 1.70. The van der Waals surface area contributed by atoms with Gasteiger partial charge in [0.2, 0.25) is 9.84 Å². The van der Waals surface area contributed by atoms with Crippen LogP contribution < -0.4 is 4.74 Å². The molecule has 0 fully saturated rings. The van der Waals surface area contributed by atoms with E-state index in [1.807, 2.05) is 37.3 Å². The minimum atomic E-state index is -3.64. The highest BCUT2D eigenvalue weighted by Gasteiger charge is 2.26. The van der Waals surface area contributed by atoms with E-state index >= 15 is 0 Å². The fourth-order valence-corrected chi connectivity index (χ4v) is 6.79. The molecule has 3 aromatic carbocycles. The number of rotatable bonds is 16. The monoisotopic (exact) mass is 642 g/mol. The van der Waals surface area contributed by atoms with Gasteiger partial charge in [-0.15, -0.1) is 0 Å². The van der Waals surface area contributed by atoms with Gasteiger partial charge in [-0.2, -0.15) is 0 Å². The van der Waals surface area contributed by atoms with Crippen molar-refractivity contribution in [3.8, 4) is 11.5 Å². The van der Waals surface area contributed by atoms with Crippen LogP contribution in [0, 0.1) is 0 Å². The molecule has 3 aromatic rings. The van der Waals surface area contributed by atoms with E-state index in [9.17, 15) is 8.42 Å². The predicted octanol–water partition coefficient (Wildman–Crippen LogP) is 11.7. The predicted molar refractivity (Wildman–Crippen MR) is 193 cm³/mol. The molecule has 0 spiro atoms. The van der Waals surface area contributed by atoms with Gasteiger partial charge in [0.1, 0.15) is 17.1 Å². The SMILES string of the molecule is C=CC(=CC/C=C(\C)OC(C)(CC)CC)C(C)(C)c1ccc(Oc2ccc(S(=O)(=O)c3ccc(C(C)(CC)CC)cc3)cc2)cc1. The molecule has 0 radical (unpaired) electrons. The summed E-state index contributed by atoms with van der Waals surface area (Å²) in [5.74, 6) is 2.19. The lowest BCUT2D eigenvalue weighted by Crippen LogP contribution is -2.25. The summed E-state index contributed by atoms with van der Waals surface area (Å²) in [6, 6.07) is 21.9. The number of hydrogen-bond donors (Lipinski definition) is 0. The van der Waals surface area contributed by atoms with E-state index in [-0.39, 0.29) is 21.3 Å². The molecule has 0 aromatic heterocycles. The van der Waals surface area contributed by atoms with Gasteiger partial charge in [-0.05, 0) is 123 Å². The van der Waals surface area contributed by atoms with Gasteiger partial charge < -0.3 is 9.47 Å². The maximum absolute atomic E-state index is 13.3. The molecule has 3 rings (SSSR count). The van der Waals surface area contributed by atoms with Gasteiger partial charge in [-0.25, -0.2) is 8.42 Å². The number of sulfone groups is 1. The van der Waals surface area contributed by atoms with Crippen LogP contribution in [0.3, 0.4) is 0 Å². The third-order valence-electron chi connectivity index (χ3n) is 9.96. The van der Waals surface area contributed by atoms with Crippen molar-refractivity contribution in [3.05, 3.63) is 120 Å². The zero-order valence-electron chi connectivity index (χ0n) is 29.4. The molecule has 0 atom stereocenters. The van der Waals surface area contributed by atoms with Crippen molar-refractivity contribution in [2.75, 3.05) is 0 Å². The summed E-state index contributed by atoms with van der Waals surface area (Å²) in [7, 11) is -3.64. The Hall–Kier alpha value is -3.57. The summed E-state index contributed by atoms with van der Waals surface area (Å²) in [6.45, 7) is 23.5. The van der Waals surface area contributed by atoms with Gasteiger partial charge >= 0.3 is 0 Å². The zero-order chi connectivity index (χ0) is 34.2. The van der Waals surface area contributed by atoms with E-state index in [1.165, 1.54) is 0 Å². The van der Waals surface area contributed by atoms with Crippen LogP contribution in [-0.2, 0) is 25.4 Å². The number of benzene rings is 3. The summed E-state index contributed by atoms with van der Waals surface area (Å²) < 4.78 is 39.0. The van der Waals surface area contributed by atoms with E-state index in [0.717, 1.165) is 54.6 Å². The second-order valence-electron chi connectivity index (χ2n) is 13.2. The quantitative estimate of drug-likeness (QED) is 0.115. The highest BCUT2D eigenvalue weighted by molar-refractivity contribution is 7.91. The van der Waals surface area contributed by atoms with Crippen LogP contribution in [0.15, 0.2) is 119 Å². The molecule has 46 heavy (non-hydrogen) atoms. The maximum Gasteiger partial charge on any atom is 0.206 e. The van der Waals surface area contributed by atoms with Crippen LogP contribution in [0.5, 0.6) is 11.5 Å². The molecule has 0 N–H and O–H groups in total. The lowest BCUT2D eigenvalue weighted by atomic mass is 9.77. The van der Waals surface area contributed by atoms with Crippen molar-refractivity contribution >= 4 is 9.84 Å². The fraction of sp³-hybridized carbons (Fsp3) is 0.415. The van der Waals surface area contributed by atoms with Crippen LogP contribution in [0.25, 0.3) is 0 Å². The Kier molecular flexibility index (Phi) is 12.3. The topological polar surface area (TPSA) is 52.6 Å².